The van der Waals surface area contributed by atoms with Crippen LogP contribution in [0.2, 0.25) is 0 Å². The summed E-state index contributed by atoms with van der Waals surface area (Å²) in [5.74, 6) is 0.723. The Labute approximate surface area is 187 Å². The molecular formula is C24H19FN4O2S. The second-order valence-corrected chi connectivity index (χ2v) is 8.26. The summed E-state index contributed by atoms with van der Waals surface area (Å²) in [7, 11) is 1.44. The standard InChI is InChI=1S/C24H19FN4O2S/c1-15-7-3-5-9-19(15)28-22(30)17-8-4-6-10-20(17)29-23(28)26-27-24(29)32-14-16-11-12-21(31-2)18(25)13-16/h3-13H,14H2,1-2H3. The molecular weight excluding hydrogens is 427 g/mol. The number of benzene rings is 3. The predicted molar refractivity (Wildman–Crippen MR) is 123 cm³/mol. The molecule has 8 heteroatoms. The minimum Gasteiger partial charge on any atom is -0.494 e. The van der Waals surface area contributed by atoms with E-state index in [2.05, 4.69) is 10.2 Å². The van der Waals surface area contributed by atoms with Gasteiger partial charge in [0.25, 0.3) is 5.56 Å². The molecule has 6 nitrogen and oxygen atoms in total. The Morgan fingerprint density at radius 1 is 1.03 bits per heavy atom. The van der Waals surface area contributed by atoms with Gasteiger partial charge < -0.3 is 4.74 Å². The van der Waals surface area contributed by atoms with Crippen LogP contribution in [0.3, 0.4) is 0 Å². The molecule has 0 aliphatic carbocycles. The fraction of sp³-hybridized carbons (Fsp3) is 0.125. The summed E-state index contributed by atoms with van der Waals surface area (Å²) < 4.78 is 22.6. The minimum absolute atomic E-state index is 0.149. The maximum atomic E-state index is 14.1. The molecule has 0 spiro atoms. The van der Waals surface area contributed by atoms with E-state index in [4.69, 9.17) is 4.74 Å². The lowest BCUT2D eigenvalue weighted by atomic mass is 10.2. The van der Waals surface area contributed by atoms with E-state index in [-0.39, 0.29) is 11.3 Å². The number of halogens is 1. The zero-order valence-electron chi connectivity index (χ0n) is 17.4. The zero-order chi connectivity index (χ0) is 22.2. The lowest BCUT2D eigenvalue weighted by Crippen LogP contribution is -2.22. The third-order valence-electron chi connectivity index (χ3n) is 5.34. The predicted octanol–water partition coefficient (Wildman–Crippen LogP) is 4.78. The van der Waals surface area contributed by atoms with E-state index in [1.807, 2.05) is 59.9 Å². The Morgan fingerprint density at radius 2 is 1.81 bits per heavy atom. The lowest BCUT2D eigenvalue weighted by molar-refractivity contribution is 0.386. The molecule has 0 aliphatic heterocycles. The first-order chi connectivity index (χ1) is 15.6. The van der Waals surface area contributed by atoms with Crippen LogP contribution >= 0.6 is 11.8 Å². The Morgan fingerprint density at radius 3 is 2.59 bits per heavy atom. The fourth-order valence-electron chi connectivity index (χ4n) is 3.75. The monoisotopic (exact) mass is 446 g/mol. The van der Waals surface area contributed by atoms with Crippen LogP contribution in [0.25, 0.3) is 22.4 Å². The van der Waals surface area contributed by atoms with Crippen molar-refractivity contribution in [3.8, 4) is 11.4 Å². The normalized spacial score (nSPS) is 11.3. The maximum absolute atomic E-state index is 14.1. The highest BCUT2D eigenvalue weighted by atomic mass is 32.2. The Balaban J connectivity index is 1.67. The number of hydrogen-bond acceptors (Lipinski definition) is 5. The van der Waals surface area contributed by atoms with Crippen molar-refractivity contribution >= 4 is 28.4 Å². The van der Waals surface area contributed by atoms with Crippen LogP contribution in [-0.2, 0) is 5.75 Å². The van der Waals surface area contributed by atoms with Crippen molar-refractivity contribution in [1.82, 2.24) is 19.2 Å². The molecule has 0 atom stereocenters. The van der Waals surface area contributed by atoms with Crippen LogP contribution in [0.5, 0.6) is 5.75 Å². The first-order valence-electron chi connectivity index (χ1n) is 9.98. The van der Waals surface area contributed by atoms with E-state index in [1.165, 1.54) is 24.9 Å². The molecule has 0 N–H and O–H groups in total. The zero-order valence-corrected chi connectivity index (χ0v) is 18.3. The van der Waals surface area contributed by atoms with E-state index in [0.29, 0.717) is 22.1 Å². The summed E-state index contributed by atoms with van der Waals surface area (Å²) in [4.78, 5) is 13.4. The summed E-state index contributed by atoms with van der Waals surface area (Å²) >= 11 is 1.43. The van der Waals surface area contributed by atoms with Crippen LogP contribution in [0.4, 0.5) is 4.39 Å². The maximum Gasteiger partial charge on any atom is 0.267 e. The molecule has 32 heavy (non-hydrogen) atoms. The number of nitrogens with zero attached hydrogens (tertiary/aromatic N) is 4. The van der Waals surface area contributed by atoms with Gasteiger partial charge in [0.05, 0.1) is 23.7 Å². The quantitative estimate of drug-likeness (QED) is 0.364. The molecule has 160 valence electrons. The Bertz CT molecular complexity index is 1530. The van der Waals surface area contributed by atoms with E-state index < -0.39 is 5.82 Å². The van der Waals surface area contributed by atoms with Crippen molar-refractivity contribution in [3.63, 3.8) is 0 Å². The summed E-state index contributed by atoms with van der Waals surface area (Å²) in [5.41, 5.74) is 3.09. The van der Waals surface area contributed by atoms with Crippen molar-refractivity contribution < 1.29 is 9.13 Å². The van der Waals surface area contributed by atoms with Crippen LogP contribution in [-0.4, -0.2) is 26.3 Å². The molecule has 0 unspecified atom stereocenters. The second kappa shape index (κ2) is 8.12. The van der Waals surface area contributed by atoms with Gasteiger partial charge in [-0.25, -0.2) is 8.96 Å². The van der Waals surface area contributed by atoms with Gasteiger partial charge in [-0.2, -0.15) is 0 Å². The van der Waals surface area contributed by atoms with Crippen LogP contribution in [0, 0.1) is 12.7 Å². The van der Waals surface area contributed by atoms with Crippen molar-refractivity contribution in [3.05, 3.63) is 94.0 Å². The molecule has 0 bridgehead atoms. The summed E-state index contributed by atoms with van der Waals surface area (Å²) in [6, 6.07) is 20.0. The fourth-order valence-corrected chi connectivity index (χ4v) is 4.63. The van der Waals surface area contributed by atoms with Crippen molar-refractivity contribution in [2.24, 2.45) is 0 Å². The van der Waals surface area contributed by atoms with Crippen LogP contribution in [0.15, 0.2) is 76.7 Å². The number of ether oxygens (including phenoxy) is 1. The Hall–Kier alpha value is -3.65. The van der Waals surface area contributed by atoms with E-state index in [9.17, 15) is 9.18 Å². The smallest absolute Gasteiger partial charge is 0.267 e. The second-order valence-electron chi connectivity index (χ2n) is 7.32. The number of hydrogen-bond donors (Lipinski definition) is 0. The van der Waals surface area contributed by atoms with Gasteiger partial charge in [-0.05, 0) is 48.4 Å². The average molecular weight is 447 g/mol. The molecule has 5 rings (SSSR count). The first-order valence-corrected chi connectivity index (χ1v) is 11.0. The van der Waals surface area contributed by atoms with Crippen molar-refractivity contribution in [1.29, 1.82) is 0 Å². The largest absolute Gasteiger partial charge is 0.494 e. The van der Waals surface area contributed by atoms with Gasteiger partial charge in [-0.3, -0.25) is 9.20 Å². The van der Waals surface area contributed by atoms with Gasteiger partial charge in [-0.15, -0.1) is 10.2 Å². The molecule has 5 aromatic rings. The number of methoxy groups -OCH3 is 1. The molecule has 0 fully saturated rings. The van der Waals surface area contributed by atoms with E-state index >= 15 is 0 Å². The minimum atomic E-state index is -0.407. The molecule has 0 amide bonds. The van der Waals surface area contributed by atoms with E-state index in [1.54, 1.807) is 16.7 Å². The van der Waals surface area contributed by atoms with Gasteiger partial charge in [-0.1, -0.05) is 48.2 Å². The van der Waals surface area contributed by atoms with Gasteiger partial charge in [0.1, 0.15) is 0 Å². The number of aryl methyl sites for hydroxylation is 1. The number of thioether (sulfide) groups is 1. The van der Waals surface area contributed by atoms with Crippen LogP contribution < -0.4 is 10.3 Å². The Kier molecular flexibility index (Phi) is 5.14. The number of fused-ring (bicyclic) bond motifs is 3. The highest BCUT2D eigenvalue weighted by Crippen LogP contribution is 2.27. The van der Waals surface area contributed by atoms with Gasteiger partial charge in [0.2, 0.25) is 5.78 Å². The number of para-hydroxylation sites is 2. The summed E-state index contributed by atoms with van der Waals surface area (Å²) in [6.07, 6.45) is 0. The summed E-state index contributed by atoms with van der Waals surface area (Å²) in [6.45, 7) is 1.96. The molecule has 2 heterocycles. The van der Waals surface area contributed by atoms with Crippen molar-refractivity contribution in [2.75, 3.05) is 7.11 Å². The average Bonchev–Trinajstić information content (AvgIpc) is 3.23. The molecule has 0 saturated carbocycles. The SMILES string of the molecule is COc1ccc(CSc2nnc3n(-c4ccccc4C)c(=O)c4ccccc4n23)cc1F. The highest BCUT2D eigenvalue weighted by Gasteiger charge is 2.18. The van der Waals surface area contributed by atoms with Crippen LogP contribution in [0.1, 0.15) is 11.1 Å². The van der Waals surface area contributed by atoms with E-state index in [0.717, 1.165) is 22.3 Å². The summed E-state index contributed by atoms with van der Waals surface area (Å²) in [5, 5.41) is 9.93. The number of rotatable bonds is 5. The third kappa shape index (κ3) is 3.33. The number of aromatic nitrogens is 4. The third-order valence-corrected chi connectivity index (χ3v) is 6.34. The first kappa shape index (κ1) is 20.3. The molecule has 2 aromatic heterocycles. The van der Waals surface area contributed by atoms with Gasteiger partial charge >= 0.3 is 0 Å². The lowest BCUT2D eigenvalue weighted by Gasteiger charge is -2.13. The molecule has 3 aromatic carbocycles. The molecule has 0 radical (unpaired) electrons. The van der Waals surface area contributed by atoms with Crippen molar-refractivity contribution in [2.45, 2.75) is 17.8 Å². The van der Waals surface area contributed by atoms with Gasteiger partial charge in [0.15, 0.2) is 16.7 Å². The van der Waals surface area contributed by atoms with Gasteiger partial charge in [0, 0.05) is 5.75 Å². The molecule has 0 aliphatic rings. The molecule has 0 saturated heterocycles. The highest BCUT2D eigenvalue weighted by molar-refractivity contribution is 7.98. The topological polar surface area (TPSA) is 61.4 Å².